The number of nitriles is 1. The van der Waals surface area contributed by atoms with Crippen LogP contribution in [0.1, 0.15) is 43.7 Å². The number of hydrogen-bond donors (Lipinski definition) is 1. The van der Waals surface area contributed by atoms with E-state index in [1.54, 1.807) is 12.1 Å². The third kappa shape index (κ3) is 4.66. The molecule has 0 saturated heterocycles. The highest BCUT2D eigenvalue weighted by Gasteiger charge is 2.20. The zero-order valence-corrected chi connectivity index (χ0v) is 14.9. The minimum absolute atomic E-state index is 0.159. The molecule has 1 aromatic carbocycles. The minimum Gasteiger partial charge on any atom is -0.493 e. The Morgan fingerprint density at radius 1 is 1.20 bits per heavy atom. The molecule has 134 valence electrons. The van der Waals surface area contributed by atoms with Crippen LogP contribution in [0.2, 0.25) is 0 Å². The summed E-state index contributed by atoms with van der Waals surface area (Å²) >= 11 is 0. The van der Waals surface area contributed by atoms with Crippen LogP contribution in [0.4, 0.5) is 0 Å². The van der Waals surface area contributed by atoms with Crippen molar-refractivity contribution in [2.45, 2.75) is 38.1 Å². The molecule has 2 rings (SSSR count). The molecular weight excluding hydrogens is 320 g/mol. The summed E-state index contributed by atoms with van der Waals surface area (Å²) in [5.41, 5.74) is 1.73. The molecule has 6 heteroatoms. The fourth-order valence-electron chi connectivity index (χ4n) is 2.94. The SMILES string of the molecule is COc1cc([C@H](C#N)NC(=O)CC2=CCCCC2)cc(OC)c1OC. The van der Waals surface area contributed by atoms with Gasteiger partial charge < -0.3 is 19.5 Å². The maximum absolute atomic E-state index is 12.3. The van der Waals surface area contributed by atoms with Crippen LogP contribution in [0.15, 0.2) is 23.8 Å². The van der Waals surface area contributed by atoms with Gasteiger partial charge in [0.1, 0.15) is 6.04 Å². The fraction of sp³-hybridized carbons (Fsp3) is 0.474. The Hall–Kier alpha value is -2.68. The van der Waals surface area contributed by atoms with E-state index < -0.39 is 6.04 Å². The topological polar surface area (TPSA) is 80.6 Å². The molecule has 0 unspecified atom stereocenters. The molecule has 25 heavy (non-hydrogen) atoms. The zero-order chi connectivity index (χ0) is 18.2. The quantitative estimate of drug-likeness (QED) is 0.768. The Morgan fingerprint density at radius 2 is 1.88 bits per heavy atom. The van der Waals surface area contributed by atoms with Gasteiger partial charge in [0.05, 0.1) is 27.4 Å². The van der Waals surface area contributed by atoms with Gasteiger partial charge in [-0.15, -0.1) is 0 Å². The molecule has 0 aliphatic heterocycles. The first kappa shape index (κ1) is 18.7. The van der Waals surface area contributed by atoms with Gasteiger partial charge >= 0.3 is 0 Å². The molecule has 1 N–H and O–H groups in total. The molecule has 0 saturated carbocycles. The van der Waals surface area contributed by atoms with E-state index in [0.717, 1.165) is 24.8 Å². The van der Waals surface area contributed by atoms with Crippen molar-refractivity contribution in [1.29, 1.82) is 5.26 Å². The normalized spacial score (nSPS) is 14.7. The van der Waals surface area contributed by atoms with Gasteiger partial charge in [-0.2, -0.15) is 5.26 Å². The Balaban J connectivity index is 2.18. The number of allylic oxidation sites excluding steroid dienone is 1. The van der Waals surface area contributed by atoms with E-state index in [9.17, 15) is 10.1 Å². The van der Waals surface area contributed by atoms with Crippen molar-refractivity contribution >= 4 is 5.91 Å². The predicted octanol–water partition coefficient (Wildman–Crippen LogP) is 3.28. The van der Waals surface area contributed by atoms with Crippen molar-refractivity contribution in [3.8, 4) is 23.3 Å². The van der Waals surface area contributed by atoms with Crippen LogP contribution >= 0.6 is 0 Å². The molecule has 0 spiro atoms. The first-order valence-electron chi connectivity index (χ1n) is 8.29. The van der Waals surface area contributed by atoms with Crippen LogP contribution in [-0.2, 0) is 4.79 Å². The summed E-state index contributed by atoms with van der Waals surface area (Å²) in [4.78, 5) is 12.3. The molecule has 0 radical (unpaired) electrons. The number of carbonyl (C=O) groups excluding carboxylic acids is 1. The minimum atomic E-state index is -0.787. The van der Waals surface area contributed by atoms with Crippen LogP contribution in [0, 0.1) is 11.3 Å². The molecule has 0 heterocycles. The summed E-state index contributed by atoms with van der Waals surface area (Å²) in [7, 11) is 4.54. The number of rotatable bonds is 7. The van der Waals surface area contributed by atoms with Gasteiger partial charge in [0.25, 0.3) is 0 Å². The summed E-state index contributed by atoms with van der Waals surface area (Å²) < 4.78 is 15.9. The predicted molar refractivity (Wildman–Crippen MR) is 93.8 cm³/mol. The second-order valence-electron chi connectivity index (χ2n) is 5.87. The van der Waals surface area contributed by atoms with Crippen molar-refractivity contribution in [2.24, 2.45) is 0 Å². The molecule has 1 aliphatic carbocycles. The molecule has 0 fully saturated rings. The van der Waals surface area contributed by atoms with Gasteiger partial charge in [-0.3, -0.25) is 4.79 Å². The number of benzene rings is 1. The van der Waals surface area contributed by atoms with Crippen LogP contribution in [-0.4, -0.2) is 27.2 Å². The lowest BCUT2D eigenvalue weighted by Crippen LogP contribution is -2.28. The van der Waals surface area contributed by atoms with Crippen molar-refractivity contribution in [1.82, 2.24) is 5.32 Å². The zero-order valence-electron chi connectivity index (χ0n) is 14.9. The lowest BCUT2D eigenvalue weighted by Gasteiger charge is -2.18. The Labute approximate surface area is 148 Å². The number of carbonyl (C=O) groups is 1. The van der Waals surface area contributed by atoms with Crippen LogP contribution in [0.25, 0.3) is 0 Å². The smallest absolute Gasteiger partial charge is 0.225 e. The van der Waals surface area contributed by atoms with Crippen LogP contribution in [0.5, 0.6) is 17.2 Å². The average molecular weight is 344 g/mol. The molecular formula is C19H24N2O4. The van der Waals surface area contributed by atoms with Gasteiger partial charge in [-0.25, -0.2) is 0 Å². The summed E-state index contributed by atoms with van der Waals surface area (Å²) in [5.74, 6) is 1.18. The highest BCUT2D eigenvalue weighted by Crippen LogP contribution is 2.39. The van der Waals surface area contributed by atoms with E-state index in [2.05, 4.69) is 17.5 Å². The first-order valence-corrected chi connectivity index (χ1v) is 8.29. The number of methoxy groups -OCH3 is 3. The van der Waals surface area contributed by atoms with E-state index in [0.29, 0.717) is 29.2 Å². The van der Waals surface area contributed by atoms with Crippen molar-refractivity contribution < 1.29 is 19.0 Å². The number of nitrogens with one attached hydrogen (secondary N) is 1. The summed E-state index contributed by atoms with van der Waals surface area (Å²) in [6.07, 6.45) is 6.74. The number of amides is 1. The van der Waals surface area contributed by atoms with Crippen LogP contribution < -0.4 is 19.5 Å². The second-order valence-corrected chi connectivity index (χ2v) is 5.87. The Morgan fingerprint density at radius 3 is 2.36 bits per heavy atom. The molecule has 0 aromatic heterocycles. The van der Waals surface area contributed by atoms with E-state index >= 15 is 0 Å². The lowest BCUT2D eigenvalue weighted by molar-refractivity contribution is -0.120. The molecule has 1 aromatic rings. The summed E-state index contributed by atoms with van der Waals surface area (Å²) in [5, 5.41) is 12.3. The van der Waals surface area contributed by atoms with E-state index in [4.69, 9.17) is 14.2 Å². The number of hydrogen-bond acceptors (Lipinski definition) is 5. The first-order chi connectivity index (χ1) is 12.1. The Kier molecular flexibility index (Phi) is 6.70. The van der Waals surface area contributed by atoms with Gasteiger partial charge in [0.15, 0.2) is 11.5 Å². The highest BCUT2D eigenvalue weighted by atomic mass is 16.5. The highest BCUT2D eigenvalue weighted by molar-refractivity contribution is 5.79. The molecule has 1 atom stereocenters. The maximum Gasteiger partial charge on any atom is 0.225 e. The standard InChI is InChI=1S/C19H24N2O4/c1-23-16-10-14(11-17(24-2)19(16)25-3)15(12-20)21-18(22)9-13-7-5-4-6-8-13/h7,10-11,15H,4-6,8-9H2,1-3H3,(H,21,22)/t15-/m0/s1. The molecule has 1 amide bonds. The van der Waals surface area contributed by atoms with Crippen molar-refractivity contribution in [2.75, 3.05) is 21.3 Å². The monoisotopic (exact) mass is 344 g/mol. The summed E-state index contributed by atoms with van der Waals surface area (Å²) in [6, 6.07) is 4.69. The second kappa shape index (κ2) is 8.97. The van der Waals surface area contributed by atoms with Crippen molar-refractivity contribution in [3.05, 3.63) is 29.3 Å². The van der Waals surface area contributed by atoms with Gasteiger partial charge in [-0.1, -0.05) is 11.6 Å². The number of ether oxygens (including phenoxy) is 3. The largest absolute Gasteiger partial charge is 0.493 e. The number of nitrogens with zero attached hydrogens (tertiary/aromatic N) is 1. The maximum atomic E-state index is 12.3. The molecule has 6 nitrogen and oxygen atoms in total. The van der Waals surface area contributed by atoms with Gasteiger partial charge in [-0.05, 0) is 43.4 Å². The average Bonchev–Trinajstić information content (AvgIpc) is 2.65. The van der Waals surface area contributed by atoms with E-state index in [1.165, 1.54) is 27.8 Å². The van der Waals surface area contributed by atoms with Crippen molar-refractivity contribution in [3.63, 3.8) is 0 Å². The lowest BCUT2D eigenvalue weighted by atomic mass is 9.97. The third-order valence-electron chi connectivity index (χ3n) is 4.23. The van der Waals surface area contributed by atoms with Gasteiger partial charge in [0, 0.05) is 6.42 Å². The molecule has 1 aliphatic rings. The van der Waals surface area contributed by atoms with Crippen LogP contribution in [0.3, 0.4) is 0 Å². The Bertz CT molecular complexity index is 666. The fourth-order valence-corrected chi connectivity index (χ4v) is 2.94. The third-order valence-corrected chi connectivity index (χ3v) is 4.23. The van der Waals surface area contributed by atoms with E-state index in [1.807, 2.05) is 0 Å². The van der Waals surface area contributed by atoms with Gasteiger partial charge in [0.2, 0.25) is 11.7 Å². The van der Waals surface area contributed by atoms with E-state index in [-0.39, 0.29) is 5.91 Å². The summed E-state index contributed by atoms with van der Waals surface area (Å²) in [6.45, 7) is 0. The molecule has 0 bridgehead atoms.